The van der Waals surface area contributed by atoms with Crippen LogP contribution in [0.4, 0.5) is 18.9 Å². The maximum absolute atomic E-state index is 13.5. The maximum Gasteiger partial charge on any atom is 0.418 e. The Morgan fingerprint density at radius 1 is 1.04 bits per heavy atom. The van der Waals surface area contributed by atoms with Crippen molar-refractivity contribution in [2.24, 2.45) is 5.92 Å². The summed E-state index contributed by atoms with van der Waals surface area (Å²) < 4.78 is 40.4. The van der Waals surface area contributed by atoms with E-state index in [1.54, 1.807) is 24.3 Å². The number of hydrogen-bond donors (Lipinski definition) is 1. The predicted octanol–water partition coefficient (Wildman–Crippen LogP) is 6.84. The number of alkyl halides is 3. The molecule has 2 aromatic carbocycles. The molecule has 0 saturated heterocycles. The summed E-state index contributed by atoms with van der Waals surface area (Å²) in [6, 6.07) is 9.19. The predicted molar refractivity (Wildman–Crippen MR) is 94.3 cm³/mol. The molecule has 0 fully saturated rings. The zero-order valence-corrected chi connectivity index (χ0v) is 14.5. The van der Waals surface area contributed by atoms with E-state index in [-0.39, 0.29) is 23.6 Å². The van der Waals surface area contributed by atoms with Gasteiger partial charge in [0.15, 0.2) is 0 Å². The van der Waals surface area contributed by atoms with E-state index in [1.165, 1.54) is 6.07 Å². The second-order valence-electron chi connectivity index (χ2n) is 6.41. The molecule has 0 unspecified atom stereocenters. The Morgan fingerprint density at radius 2 is 1.84 bits per heavy atom. The van der Waals surface area contributed by atoms with Crippen LogP contribution < -0.4 is 5.32 Å². The summed E-state index contributed by atoms with van der Waals surface area (Å²) in [6.45, 7) is 0. The first kappa shape index (κ1) is 16.8. The van der Waals surface area contributed by atoms with Crippen LogP contribution in [0.5, 0.6) is 0 Å². The average molecular weight is 384 g/mol. The fourth-order valence-corrected chi connectivity index (χ4v) is 4.45. The van der Waals surface area contributed by atoms with Crippen molar-refractivity contribution in [3.63, 3.8) is 0 Å². The lowest BCUT2D eigenvalue weighted by molar-refractivity contribution is -0.137. The van der Waals surface area contributed by atoms with E-state index in [2.05, 4.69) is 5.32 Å². The van der Waals surface area contributed by atoms with Gasteiger partial charge in [0.2, 0.25) is 0 Å². The second-order valence-corrected chi connectivity index (χ2v) is 7.25. The molecule has 2 aromatic rings. The van der Waals surface area contributed by atoms with E-state index in [1.807, 2.05) is 12.2 Å². The van der Waals surface area contributed by atoms with Crippen LogP contribution in [0.2, 0.25) is 10.0 Å². The zero-order valence-electron chi connectivity index (χ0n) is 12.9. The minimum atomic E-state index is -4.41. The summed E-state index contributed by atoms with van der Waals surface area (Å²) in [4.78, 5) is 0. The Balaban J connectivity index is 1.86. The molecule has 0 bridgehead atoms. The Kier molecular flexibility index (Phi) is 4.00. The molecule has 1 nitrogen and oxygen atoms in total. The molecule has 2 aliphatic rings. The van der Waals surface area contributed by atoms with Gasteiger partial charge in [0.05, 0.1) is 17.3 Å². The average Bonchev–Trinajstić information content (AvgIpc) is 3.03. The van der Waals surface area contributed by atoms with Gasteiger partial charge in [-0.15, -0.1) is 0 Å². The van der Waals surface area contributed by atoms with Gasteiger partial charge in [-0.3, -0.25) is 0 Å². The molecule has 1 heterocycles. The highest BCUT2D eigenvalue weighted by Gasteiger charge is 2.43. The highest BCUT2D eigenvalue weighted by atomic mass is 35.5. The van der Waals surface area contributed by atoms with Gasteiger partial charge in [-0.05, 0) is 41.7 Å². The number of anilines is 1. The van der Waals surface area contributed by atoms with E-state index in [4.69, 9.17) is 23.2 Å². The Labute approximate surface area is 153 Å². The SMILES string of the molecule is FC(F)(F)c1cccc2c1N[C@H](c1ccc(Cl)cc1Cl)[C@@H]1CC=C[C@H]21. The summed E-state index contributed by atoms with van der Waals surface area (Å²) in [7, 11) is 0. The van der Waals surface area contributed by atoms with Crippen molar-refractivity contribution in [1.82, 2.24) is 0 Å². The van der Waals surface area contributed by atoms with E-state index >= 15 is 0 Å². The molecule has 0 spiro atoms. The molecule has 0 radical (unpaired) electrons. The molecule has 1 N–H and O–H groups in total. The van der Waals surface area contributed by atoms with Crippen molar-refractivity contribution in [2.75, 3.05) is 5.32 Å². The molecule has 0 aromatic heterocycles. The van der Waals surface area contributed by atoms with Crippen LogP contribution in [-0.4, -0.2) is 0 Å². The molecule has 0 saturated carbocycles. The highest BCUT2D eigenvalue weighted by molar-refractivity contribution is 6.35. The van der Waals surface area contributed by atoms with Gasteiger partial charge < -0.3 is 5.32 Å². The molecular weight excluding hydrogens is 370 g/mol. The Bertz CT molecular complexity index is 860. The quantitative estimate of drug-likeness (QED) is 0.531. The number of allylic oxidation sites excluding steroid dienone is 2. The van der Waals surface area contributed by atoms with E-state index < -0.39 is 11.7 Å². The van der Waals surface area contributed by atoms with Gasteiger partial charge in [-0.25, -0.2) is 0 Å². The number of para-hydroxylation sites is 1. The van der Waals surface area contributed by atoms with Crippen LogP contribution >= 0.6 is 23.2 Å². The number of benzene rings is 2. The van der Waals surface area contributed by atoms with Crippen molar-refractivity contribution < 1.29 is 13.2 Å². The fourth-order valence-electron chi connectivity index (χ4n) is 3.92. The minimum absolute atomic E-state index is 0.0599. The minimum Gasteiger partial charge on any atom is -0.377 e. The summed E-state index contributed by atoms with van der Waals surface area (Å²) in [5.41, 5.74) is 0.972. The monoisotopic (exact) mass is 383 g/mol. The van der Waals surface area contributed by atoms with Crippen LogP contribution in [0.15, 0.2) is 48.6 Å². The van der Waals surface area contributed by atoms with Crippen LogP contribution in [0.3, 0.4) is 0 Å². The van der Waals surface area contributed by atoms with Crippen LogP contribution in [0.25, 0.3) is 0 Å². The molecule has 1 aliphatic heterocycles. The standard InChI is InChI=1S/C19H14Cl2F3N/c20-10-7-8-14(16(21)9-10)17-12-4-1-3-11(12)13-5-2-6-15(18(13)25-17)19(22,23)24/h1-3,5-9,11-12,17,25H,4H2/t11-,12+,17-/m0/s1. The molecule has 1 aliphatic carbocycles. The third-order valence-corrected chi connectivity index (χ3v) is 5.56. The Morgan fingerprint density at radius 3 is 2.56 bits per heavy atom. The first-order valence-corrected chi connectivity index (χ1v) is 8.70. The van der Waals surface area contributed by atoms with Crippen molar-refractivity contribution in [3.8, 4) is 0 Å². The number of hydrogen-bond acceptors (Lipinski definition) is 1. The summed E-state index contributed by atoms with van der Waals surface area (Å²) in [5, 5.41) is 4.10. The maximum atomic E-state index is 13.5. The smallest absolute Gasteiger partial charge is 0.377 e. The zero-order chi connectivity index (χ0) is 17.8. The van der Waals surface area contributed by atoms with Crippen LogP contribution in [0.1, 0.15) is 35.1 Å². The van der Waals surface area contributed by atoms with Gasteiger partial charge in [-0.1, -0.05) is 53.6 Å². The van der Waals surface area contributed by atoms with Crippen molar-refractivity contribution in [1.29, 1.82) is 0 Å². The first-order chi connectivity index (χ1) is 11.9. The number of nitrogens with one attached hydrogen (secondary N) is 1. The van der Waals surface area contributed by atoms with Gasteiger partial charge in [0.25, 0.3) is 0 Å². The Hall–Kier alpha value is -1.65. The molecule has 3 atom stereocenters. The number of rotatable bonds is 1. The van der Waals surface area contributed by atoms with Crippen molar-refractivity contribution in [2.45, 2.75) is 24.6 Å². The van der Waals surface area contributed by atoms with Crippen LogP contribution in [-0.2, 0) is 6.18 Å². The summed E-state index contributed by atoms with van der Waals surface area (Å²) in [5.74, 6) is 0.0601. The summed E-state index contributed by atoms with van der Waals surface area (Å²) in [6.07, 6.45) is 0.406. The third-order valence-electron chi connectivity index (χ3n) is 5.00. The molecule has 130 valence electrons. The fraction of sp³-hybridized carbons (Fsp3) is 0.263. The molecule has 25 heavy (non-hydrogen) atoms. The lowest BCUT2D eigenvalue weighted by Crippen LogP contribution is -2.31. The molecule has 4 rings (SSSR count). The topological polar surface area (TPSA) is 12.0 Å². The van der Waals surface area contributed by atoms with Crippen LogP contribution in [0, 0.1) is 5.92 Å². The van der Waals surface area contributed by atoms with E-state index in [0.717, 1.165) is 18.1 Å². The third kappa shape index (κ3) is 2.81. The lowest BCUT2D eigenvalue weighted by atomic mass is 9.76. The van der Waals surface area contributed by atoms with E-state index in [9.17, 15) is 13.2 Å². The van der Waals surface area contributed by atoms with Crippen molar-refractivity contribution >= 4 is 28.9 Å². The molecule has 0 amide bonds. The lowest BCUT2D eigenvalue weighted by Gasteiger charge is -2.39. The number of halogens is 5. The first-order valence-electron chi connectivity index (χ1n) is 7.94. The van der Waals surface area contributed by atoms with Gasteiger partial charge in [0.1, 0.15) is 0 Å². The molecular formula is C19H14Cl2F3N. The largest absolute Gasteiger partial charge is 0.418 e. The highest BCUT2D eigenvalue weighted by Crippen LogP contribution is 2.53. The number of fused-ring (bicyclic) bond motifs is 3. The normalized spacial score (nSPS) is 24.6. The second kappa shape index (κ2) is 5.96. The summed E-state index contributed by atoms with van der Waals surface area (Å²) >= 11 is 12.3. The van der Waals surface area contributed by atoms with Gasteiger partial charge >= 0.3 is 6.18 Å². The van der Waals surface area contributed by atoms with Gasteiger partial charge in [0, 0.05) is 16.0 Å². The van der Waals surface area contributed by atoms with E-state index in [0.29, 0.717) is 15.6 Å². The van der Waals surface area contributed by atoms with Crippen molar-refractivity contribution in [3.05, 3.63) is 75.3 Å². The molecule has 6 heteroatoms. The van der Waals surface area contributed by atoms with Gasteiger partial charge in [-0.2, -0.15) is 13.2 Å².